The molecular formula is C17H24N4O2S. The molecule has 1 atom stereocenters. The molecule has 1 unspecified atom stereocenters. The topological polar surface area (TPSA) is 87.8 Å². The van der Waals surface area contributed by atoms with Gasteiger partial charge in [0.1, 0.15) is 0 Å². The second-order valence-corrected chi connectivity index (χ2v) is 8.85. The average Bonchev–Trinajstić information content (AvgIpc) is 3.21. The number of anilines is 1. The van der Waals surface area contributed by atoms with E-state index >= 15 is 0 Å². The first kappa shape index (κ1) is 15.7. The lowest BCUT2D eigenvalue weighted by Crippen LogP contribution is -2.40. The molecule has 130 valence electrons. The van der Waals surface area contributed by atoms with E-state index in [1.807, 2.05) is 6.07 Å². The van der Waals surface area contributed by atoms with E-state index in [0.717, 1.165) is 37.1 Å². The Labute approximate surface area is 143 Å². The summed E-state index contributed by atoms with van der Waals surface area (Å²) in [5, 5.41) is 3.25. The summed E-state index contributed by atoms with van der Waals surface area (Å²) in [6.07, 6.45) is 6.79. The molecule has 3 N–H and O–H groups in total. The van der Waals surface area contributed by atoms with Crippen LogP contribution in [-0.2, 0) is 16.4 Å². The van der Waals surface area contributed by atoms with Crippen LogP contribution < -0.4 is 11.1 Å². The lowest BCUT2D eigenvalue weighted by molar-refractivity contribution is 0.302. The van der Waals surface area contributed by atoms with Crippen LogP contribution in [0.1, 0.15) is 37.7 Å². The van der Waals surface area contributed by atoms with Gasteiger partial charge in [0.05, 0.1) is 17.5 Å². The minimum Gasteiger partial charge on any atom is -0.384 e. The second-order valence-electron chi connectivity index (χ2n) is 6.98. The van der Waals surface area contributed by atoms with Crippen LogP contribution >= 0.6 is 0 Å². The van der Waals surface area contributed by atoms with Gasteiger partial charge in [-0.25, -0.2) is 17.7 Å². The fourth-order valence-corrected chi connectivity index (χ4v) is 5.53. The monoisotopic (exact) mass is 348 g/mol. The summed E-state index contributed by atoms with van der Waals surface area (Å²) < 4.78 is 27.3. The van der Waals surface area contributed by atoms with Crippen LogP contribution in [-0.4, -0.2) is 37.8 Å². The maximum atomic E-state index is 13.0. The molecule has 4 rings (SSSR count). The van der Waals surface area contributed by atoms with Gasteiger partial charge in [0.15, 0.2) is 0 Å². The van der Waals surface area contributed by atoms with E-state index in [2.05, 4.69) is 10.3 Å². The van der Waals surface area contributed by atoms with Gasteiger partial charge in [-0.2, -0.15) is 0 Å². The number of fused-ring (bicyclic) bond motifs is 1. The molecule has 0 bridgehead atoms. The molecule has 7 heteroatoms. The summed E-state index contributed by atoms with van der Waals surface area (Å²) in [5.41, 5.74) is 8.07. The molecule has 1 aliphatic carbocycles. The van der Waals surface area contributed by atoms with Crippen LogP contribution in [0.25, 0.3) is 0 Å². The molecule has 1 saturated carbocycles. The Morgan fingerprint density at radius 1 is 1.21 bits per heavy atom. The van der Waals surface area contributed by atoms with Crippen molar-refractivity contribution in [3.63, 3.8) is 0 Å². The standard InChI is InChI=1S/C17H24N4O2S/c18-17-20-16(12-4-2-1-3-5-12)11-21(17)24(22,23)14-6-7-15-13(10-14)8-9-19-15/h6-7,10,12,16,19H,1-5,8-9,11H2,(H2,18,20). The molecule has 2 aliphatic heterocycles. The summed E-state index contributed by atoms with van der Waals surface area (Å²) in [6, 6.07) is 5.28. The van der Waals surface area contributed by atoms with Crippen molar-refractivity contribution in [2.45, 2.75) is 49.5 Å². The Kier molecular flexibility index (Phi) is 3.90. The van der Waals surface area contributed by atoms with Crippen LogP contribution in [0, 0.1) is 5.92 Å². The van der Waals surface area contributed by atoms with Crippen LogP contribution in [0.15, 0.2) is 28.1 Å². The molecule has 1 fully saturated rings. The zero-order valence-electron chi connectivity index (χ0n) is 13.7. The first-order valence-electron chi connectivity index (χ1n) is 8.78. The Hall–Kier alpha value is -1.76. The van der Waals surface area contributed by atoms with E-state index in [0.29, 0.717) is 17.4 Å². The van der Waals surface area contributed by atoms with Gasteiger partial charge in [-0.05, 0) is 48.9 Å². The third kappa shape index (κ3) is 2.64. The van der Waals surface area contributed by atoms with E-state index in [1.54, 1.807) is 12.1 Å². The van der Waals surface area contributed by atoms with Crippen LogP contribution in [0.5, 0.6) is 0 Å². The number of nitrogens with zero attached hydrogens (tertiary/aromatic N) is 2. The van der Waals surface area contributed by atoms with Gasteiger partial charge >= 0.3 is 0 Å². The molecule has 0 aromatic heterocycles. The quantitative estimate of drug-likeness (QED) is 0.873. The molecule has 3 aliphatic rings. The number of rotatable bonds is 3. The Balaban J connectivity index is 1.57. The van der Waals surface area contributed by atoms with Gasteiger partial charge in [0.2, 0.25) is 5.96 Å². The Morgan fingerprint density at radius 2 is 2.00 bits per heavy atom. The molecule has 6 nitrogen and oxygen atoms in total. The molecule has 1 aromatic carbocycles. The van der Waals surface area contributed by atoms with E-state index in [-0.39, 0.29) is 12.0 Å². The van der Waals surface area contributed by atoms with E-state index < -0.39 is 10.0 Å². The lowest BCUT2D eigenvalue weighted by atomic mass is 9.84. The summed E-state index contributed by atoms with van der Waals surface area (Å²) >= 11 is 0. The van der Waals surface area contributed by atoms with Crippen LogP contribution in [0.4, 0.5) is 5.69 Å². The number of hydrogen-bond acceptors (Lipinski definition) is 5. The highest BCUT2D eigenvalue weighted by Gasteiger charge is 2.37. The highest BCUT2D eigenvalue weighted by atomic mass is 32.2. The Morgan fingerprint density at radius 3 is 2.79 bits per heavy atom. The zero-order valence-corrected chi connectivity index (χ0v) is 14.6. The van der Waals surface area contributed by atoms with Crippen molar-refractivity contribution in [2.75, 3.05) is 18.4 Å². The van der Waals surface area contributed by atoms with Crippen LogP contribution in [0.3, 0.4) is 0 Å². The summed E-state index contributed by atoms with van der Waals surface area (Å²) in [6.45, 7) is 1.24. The van der Waals surface area contributed by atoms with E-state index in [9.17, 15) is 8.42 Å². The molecule has 1 aromatic rings. The van der Waals surface area contributed by atoms with Gasteiger partial charge < -0.3 is 11.1 Å². The van der Waals surface area contributed by atoms with Crippen molar-refractivity contribution in [3.05, 3.63) is 23.8 Å². The number of nitrogens with two attached hydrogens (primary N) is 1. The predicted octanol–water partition coefficient (Wildman–Crippen LogP) is 1.92. The lowest BCUT2D eigenvalue weighted by Gasteiger charge is -2.26. The summed E-state index contributed by atoms with van der Waals surface area (Å²) in [5.74, 6) is 0.603. The van der Waals surface area contributed by atoms with Crippen LogP contribution in [0.2, 0.25) is 0 Å². The average molecular weight is 348 g/mol. The number of guanidine groups is 1. The third-order valence-corrected chi connectivity index (χ3v) is 7.24. The number of benzene rings is 1. The summed E-state index contributed by atoms with van der Waals surface area (Å²) in [4.78, 5) is 4.80. The summed E-state index contributed by atoms with van der Waals surface area (Å²) in [7, 11) is -3.63. The van der Waals surface area contributed by atoms with Gasteiger partial charge in [-0.15, -0.1) is 0 Å². The molecule has 0 radical (unpaired) electrons. The van der Waals surface area contributed by atoms with Crippen molar-refractivity contribution >= 4 is 21.7 Å². The van der Waals surface area contributed by atoms with Crippen molar-refractivity contribution in [2.24, 2.45) is 16.6 Å². The minimum absolute atomic E-state index is 0.0103. The maximum Gasteiger partial charge on any atom is 0.266 e. The second kappa shape index (κ2) is 5.95. The predicted molar refractivity (Wildman–Crippen MR) is 94.5 cm³/mol. The molecule has 0 amide bonds. The van der Waals surface area contributed by atoms with Gasteiger partial charge in [-0.3, -0.25) is 0 Å². The molecule has 2 heterocycles. The maximum absolute atomic E-state index is 13.0. The first-order valence-corrected chi connectivity index (χ1v) is 10.2. The fourth-order valence-electron chi connectivity index (χ4n) is 4.10. The van der Waals surface area contributed by atoms with Crippen molar-refractivity contribution < 1.29 is 8.42 Å². The zero-order chi connectivity index (χ0) is 16.7. The third-order valence-electron chi connectivity index (χ3n) is 5.47. The van der Waals surface area contributed by atoms with Crippen molar-refractivity contribution in [3.8, 4) is 0 Å². The van der Waals surface area contributed by atoms with Crippen molar-refractivity contribution in [1.29, 1.82) is 0 Å². The first-order chi connectivity index (χ1) is 11.6. The number of nitrogens with one attached hydrogen (secondary N) is 1. The van der Waals surface area contributed by atoms with E-state index in [4.69, 9.17) is 5.73 Å². The number of hydrogen-bond donors (Lipinski definition) is 2. The fraction of sp³-hybridized carbons (Fsp3) is 0.588. The van der Waals surface area contributed by atoms with Crippen molar-refractivity contribution in [1.82, 2.24) is 4.31 Å². The number of sulfonamides is 1. The Bertz CT molecular complexity index is 769. The normalized spacial score (nSPS) is 24.6. The molecule has 24 heavy (non-hydrogen) atoms. The minimum atomic E-state index is -3.63. The SMILES string of the molecule is NC1=NC(C2CCCCC2)CN1S(=O)(=O)c1ccc2c(c1)CCN2. The van der Waals surface area contributed by atoms with Gasteiger partial charge in [0, 0.05) is 12.2 Å². The van der Waals surface area contributed by atoms with E-state index in [1.165, 1.54) is 23.6 Å². The highest BCUT2D eigenvalue weighted by Crippen LogP contribution is 2.33. The molecule has 0 saturated heterocycles. The number of aliphatic imine (C=N–C) groups is 1. The smallest absolute Gasteiger partial charge is 0.266 e. The molecular weight excluding hydrogens is 324 g/mol. The largest absolute Gasteiger partial charge is 0.384 e. The van der Waals surface area contributed by atoms with Gasteiger partial charge in [0.25, 0.3) is 10.0 Å². The van der Waals surface area contributed by atoms with Gasteiger partial charge in [-0.1, -0.05) is 19.3 Å². The molecule has 0 spiro atoms. The highest BCUT2D eigenvalue weighted by molar-refractivity contribution is 7.89.